The van der Waals surface area contributed by atoms with Gasteiger partial charge in [-0.15, -0.1) is 0 Å². The zero-order valence-electron chi connectivity index (χ0n) is 7.26. The highest BCUT2D eigenvalue weighted by Gasteiger charge is 2.45. The van der Waals surface area contributed by atoms with Gasteiger partial charge in [-0.25, -0.2) is 0 Å². The van der Waals surface area contributed by atoms with E-state index in [1.807, 2.05) is 18.8 Å². The molecule has 0 radical (unpaired) electrons. The van der Waals surface area contributed by atoms with Gasteiger partial charge in [-0.05, 0) is 41.9 Å². The second-order valence-electron chi connectivity index (χ2n) is 3.31. The lowest BCUT2D eigenvalue weighted by atomic mass is 10.2. The monoisotopic (exact) mass is 229 g/mol. The van der Waals surface area contributed by atoms with E-state index in [2.05, 4.69) is 32.4 Å². The number of aryl methyl sites for hydroxylation is 1. The topological polar surface area (TPSA) is 29.9 Å². The number of nitrogens with zero attached hydrogens (tertiary/aromatic N) is 2. The number of rotatable bonds is 2. The Balaban J connectivity index is 2.39. The van der Waals surface area contributed by atoms with Crippen LogP contribution in [0.25, 0.3) is 0 Å². The van der Waals surface area contributed by atoms with Crippen LogP contribution in [0.2, 0.25) is 0 Å². The Morgan fingerprint density at radius 3 is 2.67 bits per heavy atom. The van der Waals surface area contributed by atoms with Gasteiger partial charge in [0.1, 0.15) is 4.60 Å². The van der Waals surface area contributed by atoms with E-state index >= 15 is 0 Å². The minimum atomic E-state index is 0.216. The second kappa shape index (κ2) is 2.57. The van der Waals surface area contributed by atoms with E-state index in [4.69, 9.17) is 0 Å². The summed E-state index contributed by atoms with van der Waals surface area (Å²) in [5, 5.41) is 7.60. The molecule has 1 aliphatic rings. The maximum absolute atomic E-state index is 4.26. The van der Waals surface area contributed by atoms with E-state index in [0.29, 0.717) is 0 Å². The van der Waals surface area contributed by atoms with E-state index in [1.54, 1.807) is 0 Å². The zero-order valence-corrected chi connectivity index (χ0v) is 8.85. The minimum Gasteiger partial charge on any atom is -0.309 e. The van der Waals surface area contributed by atoms with Crippen LogP contribution in [0.5, 0.6) is 0 Å². The van der Waals surface area contributed by atoms with Gasteiger partial charge in [0, 0.05) is 7.05 Å². The Labute approximate surface area is 80.3 Å². The molecule has 0 unspecified atom stereocenters. The highest BCUT2D eigenvalue weighted by Crippen LogP contribution is 2.45. The Hall–Kier alpha value is -0.350. The third-order valence-corrected chi connectivity index (χ3v) is 2.96. The van der Waals surface area contributed by atoms with Crippen molar-refractivity contribution in [1.82, 2.24) is 15.1 Å². The van der Waals surface area contributed by atoms with Gasteiger partial charge in [0.05, 0.1) is 11.2 Å². The molecular formula is C8H12BrN3. The molecule has 0 aliphatic heterocycles. The summed E-state index contributed by atoms with van der Waals surface area (Å²) in [7, 11) is 3.99. The average molecular weight is 230 g/mol. The Morgan fingerprint density at radius 1 is 1.67 bits per heavy atom. The van der Waals surface area contributed by atoms with Crippen molar-refractivity contribution in [3.8, 4) is 0 Å². The van der Waals surface area contributed by atoms with Crippen molar-refractivity contribution in [1.29, 1.82) is 0 Å². The first-order chi connectivity index (χ1) is 5.68. The van der Waals surface area contributed by atoms with Gasteiger partial charge in [-0.3, -0.25) is 4.68 Å². The van der Waals surface area contributed by atoms with Gasteiger partial charge in [0.15, 0.2) is 0 Å². The lowest BCUT2D eigenvalue weighted by Crippen LogP contribution is -2.27. The third kappa shape index (κ3) is 1.10. The highest BCUT2D eigenvalue weighted by molar-refractivity contribution is 9.10. The maximum Gasteiger partial charge on any atom is 0.128 e. The predicted octanol–water partition coefficient (Wildman–Crippen LogP) is 1.39. The second-order valence-corrected chi connectivity index (χ2v) is 4.12. The van der Waals surface area contributed by atoms with Crippen molar-refractivity contribution in [2.45, 2.75) is 18.4 Å². The maximum atomic E-state index is 4.26. The van der Waals surface area contributed by atoms with Gasteiger partial charge in [0.25, 0.3) is 0 Å². The van der Waals surface area contributed by atoms with Crippen LogP contribution in [-0.4, -0.2) is 16.8 Å². The molecule has 1 fully saturated rings. The molecule has 4 heteroatoms. The summed E-state index contributed by atoms with van der Waals surface area (Å²) in [6.07, 6.45) is 2.44. The molecule has 0 atom stereocenters. The van der Waals surface area contributed by atoms with Crippen molar-refractivity contribution < 1.29 is 0 Å². The molecule has 1 aromatic heterocycles. The lowest BCUT2D eigenvalue weighted by molar-refractivity contribution is 0.526. The molecule has 1 aliphatic carbocycles. The summed E-state index contributed by atoms with van der Waals surface area (Å²) in [6, 6.07) is 2.09. The summed E-state index contributed by atoms with van der Waals surface area (Å²) in [4.78, 5) is 0. The standard InChI is InChI=1S/C8H12BrN3/c1-10-8(3-4-8)6-5-7(9)11-12(6)2/h5,10H,3-4H2,1-2H3. The molecule has 12 heavy (non-hydrogen) atoms. The number of aromatic nitrogens is 2. The number of halogens is 1. The number of nitrogens with one attached hydrogen (secondary N) is 1. The molecule has 1 heterocycles. The van der Waals surface area contributed by atoms with Gasteiger partial charge in [-0.1, -0.05) is 0 Å². The fourth-order valence-electron chi connectivity index (χ4n) is 1.64. The van der Waals surface area contributed by atoms with Gasteiger partial charge in [0.2, 0.25) is 0 Å². The normalized spacial score (nSPS) is 19.6. The molecule has 0 bridgehead atoms. The van der Waals surface area contributed by atoms with Crippen molar-refractivity contribution >= 4 is 15.9 Å². The molecule has 2 rings (SSSR count). The lowest BCUT2D eigenvalue weighted by Gasteiger charge is -2.13. The fourth-order valence-corrected chi connectivity index (χ4v) is 2.09. The summed E-state index contributed by atoms with van der Waals surface area (Å²) in [5.74, 6) is 0. The van der Waals surface area contributed by atoms with E-state index in [9.17, 15) is 0 Å². The van der Waals surface area contributed by atoms with Crippen LogP contribution < -0.4 is 5.32 Å². The smallest absolute Gasteiger partial charge is 0.128 e. The quantitative estimate of drug-likeness (QED) is 0.832. The molecule has 0 saturated heterocycles. The molecule has 1 N–H and O–H groups in total. The van der Waals surface area contributed by atoms with Crippen LogP contribution in [-0.2, 0) is 12.6 Å². The van der Waals surface area contributed by atoms with E-state index in [0.717, 1.165) is 4.60 Å². The molecule has 1 aromatic rings. The summed E-state index contributed by atoms with van der Waals surface area (Å²) < 4.78 is 2.86. The molecule has 0 amide bonds. The van der Waals surface area contributed by atoms with Gasteiger partial charge < -0.3 is 5.32 Å². The fraction of sp³-hybridized carbons (Fsp3) is 0.625. The minimum absolute atomic E-state index is 0.216. The Kier molecular flexibility index (Phi) is 1.77. The predicted molar refractivity (Wildman–Crippen MR) is 50.9 cm³/mol. The van der Waals surface area contributed by atoms with E-state index < -0.39 is 0 Å². The van der Waals surface area contributed by atoms with Crippen molar-refractivity contribution in [2.75, 3.05) is 7.05 Å². The number of hydrogen-bond acceptors (Lipinski definition) is 2. The molecule has 3 nitrogen and oxygen atoms in total. The Morgan fingerprint density at radius 2 is 2.33 bits per heavy atom. The van der Waals surface area contributed by atoms with Gasteiger partial charge >= 0.3 is 0 Å². The third-order valence-electron chi connectivity index (χ3n) is 2.57. The molecular weight excluding hydrogens is 218 g/mol. The van der Waals surface area contributed by atoms with E-state index in [1.165, 1.54) is 18.5 Å². The van der Waals surface area contributed by atoms with Crippen LogP contribution in [0.1, 0.15) is 18.5 Å². The molecule has 66 valence electrons. The largest absolute Gasteiger partial charge is 0.309 e. The molecule has 0 spiro atoms. The van der Waals surface area contributed by atoms with Crippen molar-refractivity contribution in [3.63, 3.8) is 0 Å². The van der Waals surface area contributed by atoms with Crippen molar-refractivity contribution in [3.05, 3.63) is 16.4 Å². The highest BCUT2D eigenvalue weighted by atomic mass is 79.9. The SMILES string of the molecule is CNC1(c2cc(Br)nn2C)CC1. The zero-order chi connectivity index (χ0) is 8.77. The van der Waals surface area contributed by atoms with Crippen LogP contribution in [0.4, 0.5) is 0 Å². The van der Waals surface area contributed by atoms with Crippen LogP contribution in [0.3, 0.4) is 0 Å². The molecule has 1 saturated carbocycles. The van der Waals surface area contributed by atoms with Gasteiger partial charge in [-0.2, -0.15) is 5.10 Å². The first-order valence-corrected chi connectivity index (χ1v) is 4.86. The van der Waals surface area contributed by atoms with Crippen LogP contribution >= 0.6 is 15.9 Å². The first-order valence-electron chi connectivity index (χ1n) is 4.07. The van der Waals surface area contributed by atoms with Crippen LogP contribution in [0, 0.1) is 0 Å². The average Bonchev–Trinajstić information content (AvgIpc) is 2.74. The summed E-state index contributed by atoms with van der Waals surface area (Å²) in [6.45, 7) is 0. The Bertz CT molecular complexity index is 301. The summed E-state index contributed by atoms with van der Waals surface area (Å²) in [5.41, 5.74) is 1.49. The molecule has 0 aromatic carbocycles. The first kappa shape index (κ1) is 8.26. The van der Waals surface area contributed by atoms with E-state index in [-0.39, 0.29) is 5.54 Å². The van der Waals surface area contributed by atoms with Crippen LogP contribution in [0.15, 0.2) is 10.7 Å². The summed E-state index contributed by atoms with van der Waals surface area (Å²) >= 11 is 3.37. The van der Waals surface area contributed by atoms with Crippen molar-refractivity contribution in [2.24, 2.45) is 7.05 Å². The number of hydrogen-bond donors (Lipinski definition) is 1.